The Hall–Kier alpha value is -2.43. The molecule has 1 aromatic carbocycles. The first-order chi connectivity index (χ1) is 11.5. The highest BCUT2D eigenvalue weighted by molar-refractivity contribution is 6.06. The van der Waals surface area contributed by atoms with Gasteiger partial charge in [-0.1, -0.05) is 11.6 Å². The smallest absolute Gasteiger partial charge is 0.254 e. The van der Waals surface area contributed by atoms with Crippen molar-refractivity contribution in [2.45, 2.75) is 19.8 Å². The number of fused-ring (bicyclic) bond motifs is 2. The van der Waals surface area contributed by atoms with Gasteiger partial charge in [0.1, 0.15) is 5.82 Å². The number of likely N-dealkylation sites (tertiary alicyclic amines) is 1. The Morgan fingerprint density at radius 2 is 2.04 bits per heavy atom. The summed E-state index contributed by atoms with van der Waals surface area (Å²) in [7, 11) is 0. The summed E-state index contributed by atoms with van der Waals surface area (Å²) in [4.78, 5) is 29.3. The SMILES string of the molecule is CC1=CC[C@H]2CN(C(=O)c3cc(=O)[nH]c4ccc(F)cc34)C[C@H]2C1. The molecule has 0 saturated carbocycles. The summed E-state index contributed by atoms with van der Waals surface area (Å²) in [6.07, 6.45) is 4.29. The number of allylic oxidation sites excluding steroid dienone is 2. The van der Waals surface area contributed by atoms with Crippen molar-refractivity contribution in [3.8, 4) is 0 Å². The van der Waals surface area contributed by atoms with E-state index in [0.717, 1.165) is 12.8 Å². The minimum Gasteiger partial charge on any atom is -0.338 e. The minimum atomic E-state index is -0.418. The Morgan fingerprint density at radius 3 is 2.88 bits per heavy atom. The Labute approximate surface area is 139 Å². The normalized spacial score (nSPS) is 23.2. The molecule has 2 heterocycles. The fourth-order valence-corrected chi connectivity index (χ4v) is 4.03. The van der Waals surface area contributed by atoms with Crippen LogP contribution >= 0.6 is 0 Å². The van der Waals surface area contributed by atoms with Crippen LogP contribution in [0.1, 0.15) is 30.1 Å². The number of carbonyl (C=O) groups is 1. The summed E-state index contributed by atoms with van der Waals surface area (Å²) >= 11 is 0. The third-order valence-corrected chi connectivity index (χ3v) is 5.25. The van der Waals surface area contributed by atoms with Crippen LogP contribution in [0.4, 0.5) is 4.39 Å². The summed E-state index contributed by atoms with van der Waals surface area (Å²) in [6, 6.07) is 5.38. The molecule has 1 saturated heterocycles. The molecule has 2 aromatic rings. The van der Waals surface area contributed by atoms with E-state index in [1.165, 1.54) is 29.8 Å². The lowest BCUT2D eigenvalue weighted by Crippen LogP contribution is -2.30. The van der Waals surface area contributed by atoms with Crippen molar-refractivity contribution in [3.63, 3.8) is 0 Å². The first-order valence-corrected chi connectivity index (χ1v) is 8.29. The van der Waals surface area contributed by atoms with E-state index in [1.807, 2.05) is 4.90 Å². The highest BCUT2D eigenvalue weighted by Crippen LogP contribution is 2.36. The van der Waals surface area contributed by atoms with Gasteiger partial charge in [-0.3, -0.25) is 9.59 Å². The standard InChI is InChI=1S/C19H19FN2O2/c1-11-2-3-12-9-22(10-13(12)6-11)19(24)16-8-18(23)21-17-5-4-14(20)7-15(16)17/h2,4-5,7-8,12-13H,3,6,9-10H2,1H3,(H,21,23)/t12-,13+/m0/s1. The van der Waals surface area contributed by atoms with Crippen LogP contribution in [0.15, 0.2) is 40.7 Å². The highest BCUT2D eigenvalue weighted by atomic mass is 19.1. The summed E-state index contributed by atoms with van der Waals surface area (Å²) in [5.41, 5.74) is 1.82. The van der Waals surface area contributed by atoms with Gasteiger partial charge in [-0.2, -0.15) is 0 Å². The number of aromatic amines is 1. The molecule has 124 valence electrons. The fourth-order valence-electron chi connectivity index (χ4n) is 4.03. The van der Waals surface area contributed by atoms with Gasteiger partial charge in [-0.25, -0.2) is 4.39 Å². The number of hydrogen-bond acceptors (Lipinski definition) is 2. The number of rotatable bonds is 1. The fraction of sp³-hybridized carbons (Fsp3) is 0.368. The lowest BCUT2D eigenvalue weighted by atomic mass is 9.83. The second-order valence-corrected chi connectivity index (χ2v) is 6.96. The molecule has 1 fully saturated rings. The van der Waals surface area contributed by atoms with Crippen LogP contribution < -0.4 is 5.56 Å². The maximum Gasteiger partial charge on any atom is 0.254 e. The first-order valence-electron chi connectivity index (χ1n) is 8.29. The zero-order valence-electron chi connectivity index (χ0n) is 13.5. The molecule has 1 aliphatic heterocycles. The van der Waals surface area contributed by atoms with Gasteiger partial charge in [0.05, 0.1) is 5.56 Å². The van der Waals surface area contributed by atoms with Gasteiger partial charge in [-0.15, -0.1) is 0 Å². The number of hydrogen-bond donors (Lipinski definition) is 1. The number of nitrogens with one attached hydrogen (secondary N) is 1. The van der Waals surface area contributed by atoms with Crippen LogP contribution in [0.3, 0.4) is 0 Å². The number of H-pyrrole nitrogens is 1. The zero-order valence-corrected chi connectivity index (χ0v) is 13.5. The maximum atomic E-state index is 13.6. The Morgan fingerprint density at radius 1 is 1.25 bits per heavy atom. The number of amides is 1. The predicted octanol–water partition coefficient (Wildman–Crippen LogP) is 3.10. The molecule has 0 unspecified atom stereocenters. The van der Waals surface area contributed by atoms with Crippen molar-refractivity contribution in [1.82, 2.24) is 9.88 Å². The number of carbonyl (C=O) groups excluding carboxylic acids is 1. The molecule has 1 aliphatic carbocycles. The van der Waals surface area contributed by atoms with Gasteiger partial charge in [0, 0.05) is 30.1 Å². The third-order valence-electron chi connectivity index (χ3n) is 5.25. The number of aromatic nitrogens is 1. The van der Waals surface area contributed by atoms with E-state index in [-0.39, 0.29) is 17.0 Å². The molecule has 5 heteroatoms. The predicted molar refractivity (Wildman–Crippen MR) is 90.4 cm³/mol. The molecule has 1 N–H and O–H groups in total. The molecule has 4 nitrogen and oxygen atoms in total. The molecule has 1 aromatic heterocycles. The molecule has 0 bridgehead atoms. The van der Waals surface area contributed by atoms with Crippen LogP contribution in [-0.4, -0.2) is 28.9 Å². The van der Waals surface area contributed by atoms with Gasteiger partial charge in [0.2, 0.25) is 5.56 Å². The molecule has 24 heavy (non-hydrogen) atoms. The summed E-state index contributed by atoms with van der Waals surface area (Å²) in [6.45, 7) is 3.54. The van der Waals surface area contributed by atoms with E-state index in [1.54, 1.807) is 0 Å². The van der Waals surface area contributed by atoms with Crippen LogP contribution in [0.2, 0.25) is 0 Å². The monoisotopic (exact) mass is 326 g/mol. The van der Waals surface area contributed by atoms with Crippen LogP contribution in [0, 0.1) is 17.7 Å². The summed E-state index contributed by atoms with van der Waals surface area (Å²) < 4.78 is 13.6. The van der Waals surface area contributed by atoms with Gasteiger partial charge in [0.15, 0.2) is 0 Å². The van der Waals surface area contributed by atoms with E-state index >= 15 is 0 Å². The quantitative estimate of drug-likeness (QED) is 0.819. The topological polar surface area (TPSA) is 53.2 Å². The minimum absolute atomic E-state index is 0.177. The number of halogens is 1. The Balaban J connectivity index is 1.69. The van der Waals surface area contributed by atoms with E-state index in [2.05, 4.69) is 18.0 Å². The lowest BCUT2D eigenvalue weighted by molar-refractivity contribution is 0.0786. The van der Waals surface area contributed by atoms with E-state index < -0.39 is 5.82 Å². The molecule has 4 rings (SSSR count). The van der Waals surface area contributed by atoms with Crippen molar-refractivity contribution < 1.29 is 9.18 Å². The molecular formula is C19H19FN2O2. The second kappa shape index (κ2) is 5.58. The lowest BCUT2D eigenvalue weighted by Gasteiger charge is -2.21. The van der Waals surface area contributed by atoms with Crippen molar-refractivity contribution in [2.24, 2.45) is 11.8 Å². The largest absolute Gasteiger partial charge is 0.338 e. The van der Waals surface area contributed by atoms with Crippen LogP contribution in [-0.2, 0) is 0 Å². The van der Waals surface area contributed by atoms with Crippen molar-refractivity contribution in [3.05, 3.63) is 57.6 Å². The van der Waals surface area contributed by atoms with Gasteiger partial charge < -0.3 is 9.88 Å². The summed E-state index contributed by atoms with van der Waals surface area (Å²) in [5.74, 6) is 0.383. The van der Waals surface area contributed by atoms with Gasteiger partial charge in [0.25, 0.3) is 5.91 Å². The van der Waals surface area contributed by atoms with Gasteiger partial charge in [-0.05, 0) is 49.8 Å². The number of benzene rings is 1. The first kappa shape index (κ1) is 15.1. The van der Waals surface area contributed by atoms with Crippen LogP contribution in [0.5, 0.6) is 0 Å². The average molecular weight is 326 g/mol. The number of nitrogens with zero attached hydrogens (tertiary/aromatic N) is 1. The summed E-state index contributed by atoms with van der Waals surface area (Å²) in [5, 5.41) is 0.462. The Kier molecular flexibility index (Phi) is 3.52. The average Bonchev–Trinajstić information content (AvgIpc) is 2.97. The van der Waals surface area contributed by atoms with Crippen molar-refractivity contribution in [1.29, 1.82) is 0 Å². The Bertz CT molecular complexity index is 915. The molecule has 1 amide bonds. The molecule has 2 atom stereocenters. The molecule has 0 spiro atoms. The highest BCUT2D eigenvalue weighted by Gasteiger charge is 2.36. The van der Waals surface area contributed by atoms with Crippen molar-refractivity contribution >= 4 is 16.8 Å². The van der Waals surface area contributed by atoms with E-state index in [4.69, 9.17) is 0 Å². The molecular weight excluding hydrogens is 307 g/mol. The van der Waals surface area contributed by atoms with Gasteiger partial charge >= 0.3 is 0 Å². The molecule has 0 radical (unpaired) electrons. The number of pyridine rings is 1. The zero-order chi connectivity index (χ0) is 16.8. The second-order valence-electron chi connectivity index (χ2n) is 6.96. The van der Waals surface area contributed by atoms with Crippen molar-refractivity contribution in [2.75, 3.05) is 13.1 Å². The third kappa shape index (κ3) is 2.54. The van der Waals surface area contributed by atoms with Crippen LogP contribution in [0.25, 0.3) is 10.9 Å². The maximum absolute atomic E-state index is 13.6. The van der Waals surface area contributed by atoms with E-state index in [9.17, 15) is 14.0 Å². The van der Waals surface area contributed by atoms with E-state index in [0.29, 0.717) is 35.8 Å². The molecule has 2 aliphatic rings.